The fraction of sp³-hybridized carbons (Fsp3) is 0.909. The highest BCUT2D eigenvalue weighted by Crippen LogP contribution is 2.17. The van der Waals surface area contributed by atoms with Gasteiger partial charge >= 0.3 is 0 Å². The Kier molecular flexibility index (Phi) is 4.55. The van der Waals surface area contributed by atoms with Gasteiger partial charge in [0.15, 0.2) is 9.84 Å². The molecule has 1 aliphatic rings. The number of amides is 1. The zero-order valence-corrected chi connectivity index (χ0v) is 11.5. The van der Waals surface area contributed by atoms with E-state index in [4.69, 9.17) is 5.73 Å². The molecule has 0 aromatic heterocycles. The Balaban J connectivity index is 2.53. The maximum Gasteiger partial charge on any atom is 0.224 e. The molecule has 0 spiro atoms. The molecule has 6 heteroatoms. The summed E-state index contributed by atoms with van der Waals surface area (Å²) in [6.45, 7) is 3.94. The van der Waals surface area contributed by atoms with Gasteiger partial charge in [0.2, 0.25) is 5.91 Å². The van der Waals surface area contributed by atoms with Gasteiger partial charge in [-0.25, -0.2) is 8.42 Å². The predicted octanol–water partition coefficient (Wildman–Crippen LogP) is 0.00530. The van der Waals surface area contributed by atoms with Gasteiger partial charge in [0, 0.05) is 25.6 Å². The molecule has 1 heterocycles. The van der Waals surface area contributed by atoms with E-state index >= 15 is 0 Å². The smallest absolute Gasteiger partial charge is 0.224 e. The predicted molar refractivity (Wildman–Crippen MR) is 67.3 cm³/mol. The quantitative estimate of drug-likeness (QED) is 0.773. The van der Waals surface area contributed by atoms with E-state index in [0.717, 1.165) is 0 Å². The minimum atomic E-state index is -2.94. The minimum absolute atomic E-state index is 0.0618. The largest absolute Gasteiger partial charge is 0.342 e. The molecule has 0 aromatic carbocycles. The molecule has 1 aliphatic heterocycles. The number of hydrogen-bond donors (Lipinski definition) is 1. The first-order valence-electron chi connectivity index (χ1n) is 5.94. The van der Waals surface area contributed by atoms with Gasteiger partial charge in [0.05, 0.1) is 11.5 Å². The monoisotopic (exact) mass is 262 g/mol. The summed E-state index contributed by atoms with van der Waals surface area (Å²) < 4.78 is 22.7. The third kappa shape index (κ3) is 3.96. The molecule has 17 heavy (non-hydrogen) atoms. The van der Waals surface area contributed by atoms with E-state index in [2.05, 4.69) is 0 Å². The molecule has 0 aliphatic carbocycles. The van der Waals surface area contributed by atoms with Gasteiger partial charge in [-0.1, -0.05) is 13.8 Å². The van der Waals surface area contributed by atoms with Crippen LogP contribution in [0.4, 0.5) is 0 Å². The zero-order valence-electron chi connectivity index (χ0n) is 10.7. The fourth-order valence-corrected chi connectivity index (χ4v) is 3.64. The SMILES string of the molecule is CC(C)C(N)CC(=O)N(C)C1CCS(=O)(=O)C1. The molecule has 2 unspecified atom stereocenters. The Morgan fingerprint density at radius 3 is 2.47 bits per heavy atom. The van der Waals surface area contributed by atoms with Gasteiger partial charge in [0.25, 0.3) is 0 Å². The number of carbonyl (C=O) groups is 1. The Bertz CT molecular complexity index is 378. The van der Waals surface area contributed by atoms with Crippen molar-refractivity contribution in [3.63, 3.8) is 0 Å². The first kappa shape index (κ1) is 14.4. The standard InChI is InChI=1S/C11H22N2O3S/c1-8(2)10(12)6-11(14)13(3)9-4-5-17(15,16)7-9/h8-10H,4-7,12H2,1-3H3. The summed E-state index contributed by atoms with van der Waals surface area (Å²) in [6, 6.07) is -0.338. The molecule has 1 rings (SSSR count). The summed E-state index contributed by atoms with van der Waals surface area (Å²) in [5.41, 5.74) is 5.84. The lowest BCUT2D eigenvalue weighted by atomic mass is 10.0. The van der Waals surface area contributed by atoms with Crippen LogP contribution in [-0.2, 0) is 14.6 Å². The molecule has 1 saturated heterocycles. The molecule has 0 saturated carbocycles. The van der Waals surface area contributed by atoms with E-state index in [1.54, 1.807) is 11.9 Å². The highest BCUT2D eigenvalue weighted by molar-refractivity contribution is 7.91. The third-order valence-electron chi connectivity index (χ3n) is 3.42. The highest BCUT2D eigenvalue weighted by atomic mass is 32.2. The average molecular weight is 262 g/mol. The molecule has 0 radical (unpaired) electrons. The Hall–Kier alpha value is -0.620. The van der Waals surface area contributed by atoms with Gasteiger partial charge in [-0.05, 0) is 12.3 Å². The van der Waals surface area contributed by atoms with Crippen LogP contribution in [-0.4, -0.2) is 49.9 Å². The molecule has 1 amide bonds. The summed E-state index contributed by atoms with van der Waals surface area (Å²) in [5, 5.41) is 0. The summed E-state index contributed by atoms with van der Waals surface area (Å²) >= 11 is 0. The Morgan fingerprint density at radius 1 is 1.47 bits per heavy atom. The lowest BCUT2D eigenvalue weighted by Gasteiger charge is -2.25. The van der Waals surface area contributed by atoms with E-state index < -0.39 is 9.84 Å². The molecule has 2 N–H and O–H groups in total. The van der Waals surface area contributed by atoms with Crippen LogP contribution in [0.15, 0.2) is 0 Å². The average Bonchev–Trinajstić information content (AvgIpc) is 2.57. The number of rotatable bonds is 4. The maximum absolute atomic E-state index is 11.9. The van der Waals surface area contributed by atoms with Crippen LogP contribution < -0.4 is 5.73 Å². The maximum atomic E-state index is 11.9. The fourth-order valence-electron chi connectivity index (χ4n) is 1.87. The van der Waals surface area contributed by atoms with Crippen molar-refractivity contribution in [2.24, 2.45) is 11.7 Å². The van der Waals surface area contributed by atoms with E-state index in [-0.39, 0.29) is 41.8 Å². The van der Waals surface area contributed by atoms with Crippen molar-refractivity contribution in [3.05, 3.63) is 0 Å². The van der Waals surface area contributed by atoms with Gasteiger partial charge in [0.1, 0.15) is 0 Å². The Morgan fingerprint density at radius 2 is 2.06 bits per heavy atom. The topological polar surface area (TPSA) is 80.5 Å². The van der Waals surface area contributed by atoms with E-state index in [9.17, 15) is 13.2 Å². The number of carbonyl (C=O) groups excluding carboxylic acids is 1. The lowest BCUT2D eigenvalue weighted by molar-refractivity contribution is -0.132. The van der Waals surface area contributed by atoms with E-state index in [1.807, 2.05) is 13.8 Å². The highest BCUT2D eigenvalue weighted by Gasteiger charge is 2.33. The number of sulfone groups is 1. The van der Waals surface area contributed by atoms with Gasteiger partial charge in [-0.2, -0.15) is 0 Å². The molecule has 0 aromatic rings. The first-order chi connectivity index (χ1) is 7.73. The van der Waals surface area contributed by atoms with Crippen molar-refractivity contribution < 1.29 is 13.2 Å². The molecule has 5 nitrogen and oxygen atoms in total. The molecule has 2 atom stereocenters. The summed E-state index contributed by atoms with van der Waals surface area (Å²) in [5.74, 6) is 0.463. The molecular weight excluding hydrogens is 240 g/mol. The number of nitrogens with zero attached hydrogens (tertiary/aromatic N) is 1. The molecule has 100 valence electrons. The second-order valence-electron chi connectivity index (χ2n) is 5.17. The van der Waals surface area contributed by atoms with Crippen molar-refractivity contribution >= 4 is 15.7 Å². The first-order valence-corrected chi connectivity index (χ1v) is 7.76. The van der Waals surface area contributed by atoms with Crippen LogP contribution in [0.1, 0.15) is 26.7 Å². The van der Waals surface area contributed by atoms with Crippen molar-refractivity contribution in [2.45, 2.75) is 38.8 Å². The van der Waals surface area contributed by atoms with Crippen LogP contribution >= 0.6 is 0 Å². The second-order valence-corrected chi connectivity index (χ2v) is 7.40. The molecule has 0 bridgehead atoms. The molecule has 1 fully saturated rings. The van der Waals surface area contributed by atoms with Crippen LogP contribution in [0.5, 0.6) is 0 Å². The zero-order chi connectivity index (χ0) is 13.2. The Labute approximate surface area is 103 Å². The third-order valence-corrected chi connectivity index (χ3v) is 5.17. The summed E-state index contributed by atoms with van der Waals surface area (Å²) in [7, 11) is -1.28. The van der Waals surface area contributed by atoms with Crippen molar-refractivity contribution in [1.82, 2.24) is 4.90 Å². The molecular formula is C11H22N2O3S. The van der Waals surface area contributed by atoms with Gasteiger partial charge < -0.3 is 10.6 Å². The summed E-state index contributed by atoms with van der Waals surface area (Å²) in [6.07, 6.45) is 0.826. The second kappa shape index (κ2) is 5.35. The van der Waals surface area contributed by atoms with Crippen molar-refractivity contribution in [3.8, 4) is 0 Å². The number of nitrogens with two attached hydrogens (primary N) is 1. The normalized spacial score (nSPS) is 24.9. The summed E-state index contributed by atoms with van der Waals surface area (Å²) in [4.78, 5) is 13.5. The van der Waals surface area contributed by atoms with Crippen molar-refractivity contribution in [1.29, 1.82) is 0 Å². The van der Waals surface area contributed by atoms with Crippen LogP contribution in [0, 0.1) is 5.92 Å². The van der Waals surface area contributed by atoms with Crippen LogP contribution in [0.2, 0.25) is 0 Å². The van der Waals surface area contributed by atoms with Gasteiger partial charge in [-0.3, -0.25) is 4.79 Å². The van der Waals surface area contributed by atoms with Gasteiger partial charge in [-0.15, -0.1) is 0 Å². The lowest BCUT2D eigenvalue weighted by Crippen LogP contribution is -2.41. The van der Waals surface area contributed by atoms with Crippen molar-refractivity contribution in [2.75, 3.05) is 18.6 Å². The van der Waals surface area contributed by atoms with Crippen LogP contribution in [0.25, 0.3) is 0 Å². The number of hydrogen-bond acceptors (Lipinski definition) is 4. The minimum Gasteiger partial charge on any atom is -0.342 e. The van der Waals surface area contributed by atoms with Crippen LogP contribution in [0.3, 0.4) is 0 Å². The van der Waals surface area contributed by atoms with E-state index in [1.165, 1.54) is 0 Å². The van der Waals surface area contributed by atoms with E-state index in [0.29, 0.717) is 6.42 Å².